The highest BCUT2D eigenvalue weighted by Gasteiger charge is 2.35. The number of amides is 1. The molecule has 1 aliphatic heterocycles. The Labute approximate surface area is 53.2 Å². The lowest BCUT2D eigenvalue weighted by atomic mass is 9.87. The molecule has 1 saturated heterocycles. The molecule has 1 fully saturated rings. The Bertz CT molecular complexity index is 205. The zero-order valence-electron chi connectivity index (χ0n) is 4.87. The first-order valence-electron chi connectivity index (χ1n) is 3.03. The van der Waals surface area contributed by atoms with Gasteiger partial charge in [-0.3, -0.25) is 4.79 Å². The van der Waals surface area contributed by atoms with Crippen LogP contribution in [0.5, 0.6) is 0 Å². The van der Waals surface area contributed by atoms with Gasteiger partial charge in [0.25, 0.3) is 0 Å². The molecule has 1 amide bonds. The van der Waals surface area contributed by atoms with Crippen LogP contribution in [0.15, 0.2) is 24.3 Å². The molecule has 0 bridgehead atoms. The fourth-order valence-corrected chi connectivity index (χ4v) is 1.16. The van der Waals surface area contributed by atoms with E-state index in [1.807, 2.05) is 24.3 Å². The second-order valence-electron chi connectivity index (χ2n) is 2.33. The van der Waals surface area contributed by atoms with Gasteiger partial charge in [-0.25, -0.2) is 0 Å². The Morgan fingerprint density at radius 3 is 2.67 bits per heavy atom. The summed E-state index contributed by atoms with van der Waals surface area (Å²) in [7, 11) is 0. The summed E-state index contributed by atoms with van der Waals surface area (Å²) in [5.74, 6) is 0.288. The zero-order chi connectivity index (χ0) is 6.27. The summed E-state index contributed by atoms with van der Waals surface area (Å²) >= 11 is 0. The minimum Gasteiger partial charge on any atom is -0.348 e. The van der Waals surface area contributed by atoms with Crippen molar-refractivity contribution in [2.75, 3.05) is 0 Å². The van der Waals surface area contributed by atoms with Crippen molar-refractivity contribution in [3.05, 3.63) is 24.3 Å². The Hall–Kier alpha value is -1.05. The summed E-state index contributed by atoms with van der Waals surface area (Å²) < 4.78 is 0. The maximum atomic E-state index is 10.7. The first kappa shape index (κ1) is 4.79. The summed E-state index contributed by atoms with van der Waals surface area (Å²) in [5, 5.41) is 2.77. The van der Waals surface area contributed by atoms with E-state index in [-0.39, 0.29) is 11.8 Å². The van der Waals surface area contributed by atoms with Gasteiger partial charge in [0.05, 0.1) is 12.0 Å². The fraction of sp³-hybridized carbons (Fsp3) is 0.286. The van der Waals surface area contributed by atoms with Crippen LogP contribution >= 0.6 is 0 Å². The van der Waals surface area contributed by atoms with Crippen molar-refractivity contribution in [1.29, 1.82) is 0 Å². The second kappa shape index (κ2) is 1.47. The molecule has 0 unspecified atom stereocenters. The first-order valence-corrected chi connectivity index (χ1v) is 3.03. The Kier molecular flexibility index (Phi) is 0.781. The number of carbonyl (C=O) groups excluding carboxylic acids is 1. The van der Waals surface area contributed by atoms with Crippen LogP contribution in [0, 0.1) is 5.92 Å². The Balaban J connectivity index is 2.23. The summed E-state index contributed by atoms with van der Waals surface area (Å²) in [6, 6.07) is 0.294. The molecule has 2 nitrogen and oxygen atoms in total. The van der Waals surface area contributed by atoms with Gasteiger partial charge in [0.1, 0.15) is 0 Å². The van der Waals surface area contributed by atoms with Crippen molar-refractivity contribution >= 4 is 5.91 Å². The van der Waals surface area contributed by atoms with E-state index in [9.17, 15) is 4.79 Å². The summed E-state index contributed by atoms with van der Waals surface area (Å²) in [6.07, 6.45) is 7.82. The predicted molar refractivity (Wildman–Crippen MR) is 33.7 cm³/mol. The van der Waals surface area contributed by atoms with Gasteiger partial charge >= 0.3 is 0 Å². The van der Waals surface area contributed by atoms with Crippen molar-refractivity contribution < 1.29 is 4.79 Å². The maximum absolute atomic E-state index is 10.7. The molecule has 1 heterocycles. The fourth-order valence-electron chi connectivity index (χ4n) is 1.16. The van der Waals surface area contributed by atoms with E-state index in [4.69, 9.17) is 0 Å². The second-order valence-corrected chi connectivity index (χ2v) is 2.33. The highest BCUT2D eigenvalue weighted by Crippen LogP contribution is 2.20. The van der Waals surface area contributed by atoms with Crippen molar-refractivity contribution in [1.82, 2.24) is 5.32 Å². The molecule has 1 N–H and O–H groups in total. The number of hydrogen-bond acceptors (Lipinski definition) is 1. The third-order valence-corrected chi connectivity index (χ3v) is 1.75. The van der Waals surface area contributed by atoms with Crippen LogP contribution < -0.4 is 5.32 Å². The van der Waals surface area contributed by atoms with Gasteiger partial charge in [-0.2, -0.15) is 0 Å². The number of hydrogen-bond donors (Lipinski definition) is 1. The predicted octanol–water partition coefficient (Wildman–Crippen LogP) is 0.227. The molecule has 2 aliphatic rings. The molecule has 1 aliphatic carbocycles. The zero-order valence-corrected chi connectivity index (χ0v) is 4.87. The first-order chi connectivity index (χ1) is 4.38. The van der Waals surface area contributed by atoms with Crippen LogP contribution in [-0.2, 0) is 4.79 Å². The molecule has 2 heteroatoms. The average molecular weight is 121 g/mol. The van der Waals surface area contributed by atoms with E-state index in [2.05, 4.69) is 5.32 Å². The van der Waals surface area contributed by atoms with Crippen LogP contribution in [0.4, 0.5) is 0 Å². The summed E-state index contributed by atoms with van der Waals surface area (Å²) in [6.45, 7) is 0. The van der Waals surface area contributed by atoms with Crippen LogP contribution in [0.1, 0.15) is 0 Å². The topological polar surface area (TPSA) is 29.1 Å². The molecule has 0 spiro atoms. The molecular formula is C7H7NO. The van der Waals surface area contributed by atoms with E-state index in [0.717, 1.165) is 0 Å². The van der Waals surface area contributed by atoms with Gasteiger partial charge in [0.2, 0.25) is 5.91 Å². The lowest BCUT2D eigenvalue weighted by Gasteiger charge is -2.33. The van der Waals surface area contributed by atoms with Gasteiger partial charge in [0, 0.05) is 0 Å². The molecule has 2 atom stereocenters. The third-order valence-electron chi connectivity index (χ3n) is 1.75. The standard InChI is InChI=1S/C7H7NO/c9-7-5-3-1-2-4-6(5)8-7/h1-6H,(H,8,9)/t5-,6+/m0/s1. The molecule has 2 rings (SSSR count). The highest BCUT2D eigenvalue weighted by molar-refractivity contribution is 5.88. The number of β-lactam (4-membered cyclic amide) rings is 1. The number of fused-ring (bicyclic) bond motifs is 1. The molecule has 0 radical (unpaired) electrons. The lowest BCUT2D eigenvalue weighted by molar-refractivity contribution is -0.131. The van der Waals surface area contributed by atoms with Crippen LogP contribution in [0.3, 0.4) is 0 Å². The van der Waals surface area contributed by atoms with E-state index < -0.39 is 0 Å². The van der Waals surface area contributed by atoms with Gasteiger partial charge in [0.15, 0.2) is 0 Å². The number of carbonyl (C=O) groups is 1. The Morgan fingerprint density at radius 2 is 2.11 bits per heavy atom. The van der Waals surface area contributed by atoms with E-state index in [1.54, 1.807) is 0 Å². The molecule has 0 aromatic carbocycles. The van der Waals surface area contributed by atoms with E-state index >= 15 is 0 Å². The number of nitrogens with one attached hydrogen (secondary N) is 1. The van der Waals surface area contributed by atoms with Gasteiger partial charge in [-0.15, -0.1) is 0 Å². The molecule has 46 valence electrons. The lowest BCUT2D eigenvalue weighted by Crippen LogP contribution is -2.56. The minimum absolute atomic E-state index is 0.134. The van der Waals surface area contributed by atoms with E-state index in [0.29, 0.717) is 6.04 Å². The Morgan fingerprint density at radius 1 is 1.33 bits per heavy atom. The minimum atomic E-state index is 0.134. The highest BCUT2D eigenvalue weighted by atomic mass is 16.2. The number of allylic oxidation sites excluding steroid dienone is 2. The van der Waals surface area contributed by atoms with Crippen LogP contribution in [0.25, 0.3) is 0 Å². The summed E-state index contributed by atoms with van der Waals surface area (Å²) in [5.41, 5.74) is 0. The SMILES string of the molecule is O=C1N[C@@H]2C=CC=C[C@H]12. The van der Waals surface area contributed by atoms with Crippen LogP contribution in [0.2, 0.25) is 0 Å². The molecule has 0 aromatic heterocycles. The van der Waals surface area contributed by atoms with Crippen molar-refractivity contribution in [2.24, 2.45) is 5.92 Å². The smallest absolute Gasteiger partial charge is 0.229 e. The normalized spacial score (nSPS) is 37.1. The molecule has 9 heavy (non-hydrogen) atoms. The maximum Gasteiger partial charge on any atom is 0.229 e. The van der Waals surface area contributed by atoms with Crippen molar-refractivity contribution in [2.45, 2.75) is 6.04 Å². The van der Waals surface area contributed by atoms with Gasteiger partial charge < -0.3 is 5.32 Å². The summed E-state index contributed by atoms with van der Waals surface area (Å²) in [4.78, 5) is 10.7. The van der Waals surface area contributed by atoms with Crippen LogP contribution in [-0.4, -0.2) is 11.9 Å². The van der Waals surface area contributed by atoms with Crippen molar-refractivity contribution in [3.8, 4) is 0 Å². The van der Waals surface area contributed by atoms with Gasteiger partial charge in [-0.1, -0.05) is 24.3 Å². The molecule has 0 saturated carbocycles. The monoisotopic (exact) mass is 121 g/mol. The van der Waals surface area contributed by atoms with Gasteiger partial charge in [-0.05, 0) is 0 Å². The quantitative estimate of drug-likeness (QED) is 0.456. The molecular weight excluding hydrogens is 114 g/mol. The van der Waals surface area contributed by atoms with E-state index in [1.165, 1.54) is 0 Å². The number of rotatable bonds is 0. The van der Waals surface area contributed by atoms with Crippen molar-refractivity contribution in [3.63, 3.8) is 0 Å². The average Bonchev–Trinajstić information content (AvgIpc) is 1.86. The molecule has 0 aromatic rings. The largest absolute Gasteiger partial charge is 0.348 e. The third kappa shape index (κ3) is 0.529.